The van der Waals surface area contributed by atoms with Crippen molar-refractivity contribution in [1.29, 1.82) is 0 Å². The van der Waals surface area contributed by atoms with Gasteiger partial charge in [-0.1, -0.05) is 57.0 Å². The average molecular weight is 274 g/mol. The largest absolute Gasteiger partial charge is 0.508 e. The quantitative estimate of drug-likeness (QED) is 0.738. The first-order chi connectivity index (χ1) is 9.77. The predicted molar refractivity (Wildman–Crippen MR) is 86.2 cm³/mol. The first-order valence-corrected chi connectivity index (χ1v) is 7.53. The molecule has 0 amide bonds. The molecule has 110 valence electrons. The Hall–Kier alpha value is -1.54. The summed E-state index contributed by atoms with van der Waals surface area (Å²) in [6.45, 7) is 6.28. The Bertz CT molecular complexity index is 474. The molecule has 0 spiro atoms. The fraction of sp³-hybridized carbons (Fsp3) is 0.444. The van der Waals surface area contributed by atoms with Gasteiger partial charge in [-0.2, -0.15) is 0 Å². The molecule has 0 unspecified atom stereocenters. The normalized spacial score (nSPS) is 10.1. The van der Waals surface area contributed by atoms with Crippen molar-refractivity contribution in [2.24, 2.45) is 0 Å². The lowest BCUT2D eigenvalue weighted by Gasteiger charge is -1.99. The van der Waals surface area contributed by atoms with Crippen LogP contribution in [0.5, 0.6) is 5.75 Å². The van der Waals surface area contributed by atoms with Crippen LogP contribution in [0.15, 0.2) is 42.5 Å². The van der Waals surface area contributed by atoms with E-state index < -0.39 is 0 Å². The van der Waals surface area contributed by atoms with Crippen molar-refractivity contribution in [1.82, 2.24) is 0 Å². The molecule has 1 N–H and O–H groups in total. The van der Waals surface area contributed by atoms with E-state index in [2.05, 4.69) is 13.8 Å². The van der Waals surface area contributed by atoms with Crippen LogP contribution in [0.3, 0.4) is 0 Å². The molecule has 0 saturated heterocycles. The third kappa shape index (κ3) is 6.58. The maximum Gasteiger partial charge on any atom is 0.116 e. The van der Waals surface area contributed by atoms with Crippen LogP contribution in [0, 0.1) is 0 Å². The second-order valence-electron chi connectivity index (χ2n) is 4.85. The molecule has 0 aliphatic heterocycles. The Labute approximate surface area is 122 Å². The lowest BCUT2D eigenvalue weighted by atomic mass is 10.1. The fourth-order valence-electron chi connectivity index (χ4n) is 1.77. The van der Waals surface area contributed by atoms with Gasteiger partial charge in [0, 0.05) is 13.2 Å². The third-order valence-corrected chi connectivity index (χ3v) is 3.02. The molecule has 2 aromatic rings. The second kappa shape index (κ2) is 10.3. The lowest BCUT2D eigenvalue weighted by molar-refractivity contribution is 0.128. The number of benzene rings is 2. The fourth-order valence-corrected chi connectivity index (χ4v) is 1.77. The zero-order chi connectivity index (χ0) is 14.6. The molecule has 0 aliphatic rings. The second-order valence-corrected chi connectivity index (χ2v) is 4.85. The maximum absolute atomic E-state index is 9.13. The van der Waals surface area contributed by atoms with E-state index in [1.807, 2.05) is 30.3 Å². The van der Waals surface area contributed by atoms with E-state index >= 15 is 0 Å². The molecule has 20 heavy (non-hydrogen) atoms. The van der Waals surface area contributed by atoms with Gasteiger partial charge in [-0.25, -0.2) is 0 Å². The molecule has 0 heterocycles. The lowest BCUT2D eigenvalue weighted by Crippen LogP contribution is -1.95. The standard InChI is InChI=1S/C10H8O.C8H18O/c11-10-6-5-8-3-1-2-4-9(8)7-10;1-3-5-7-9-8-6-4-2/h1-7,11H;3-8H2,1-2H3. The molecule has 0 atom stereocenters. The Morgan fingerprint density at radius 3 is 2.05 bits per heavy atom. The van der Waals surface area contributed by atoms with Gasteiger partial charge in [0.05, 0.1) is 0 Å². The molecule has 2 heteroatoms. The van der Waals surface area contributed by atoms with E-state index in [4.69, 9.17) is 9.84 Å². The van der Waals surface area contributed by atoms with Crippen molar-refractivity contribution in [2.75, 3.05) is 13.2 Å². The number of ether oxygens (including phenoxy) is 1. The van der Waals surface area contributed by atoms with Crippen LogP contribution in [0.1, 0.15) is 39.5 Å². The summed E-state index contributed by atoms with van der Waals surface area (Å²) in [7, 11) is 0. The first-order valence-electron chi connectivity index (χ1n) is 7.53. The minimum absolute atomic E-state index is 0.323. The van der Waals surface area contributed by atoms with Gasteiger partial charge in [0.15, 0.2) is 0 Å². The number of phenolic OH excluding ortho intramolecular Hbond substituents is 1. The summed E-state index contributed by atoms with van der Waals surface area (Å²) in [6, 6.07) is 13.3. The van der Waals surface area contributed by atoms with Crippen molar-refractivity contribution < 1.29 is 9.84 Å². The predicted octanol–water partition coefficient (Wildman–Crippen LogP) is 5.15. The highest BCUT2D eigenvalue weighted by atomic mass is 16.5. The van der Waals surface area contributed by atoms with Gasteiger partial charge in [-0.05, 0) is 35.7 Å². The molecule has 2 nitrogen and oxygen atoms in total. The highest BCUT2D eigenvalue weighted by molar-refractivity contribution is 5.83. The molecule has 0 bridgehead atoms. The summed E-state index contributed by atoms with van der Waals surface area (Å²) in [5.74, 6) is 0.323. The van der Waals surface area contributed by atoms with E-state index in [1.165, 1.54) is 25.7 Å². The van der Waals surface area contributed by atoms with Crippen LogP contribution < -0.4 is 0 Å². The van der Waals surface area contributed by atoms with E-state index in [9.17, 15) is 0 Å². The number of aromatic hydroxyl groups is 1. The van der Waals surface area contributed by atoms with E-state index in [1.54, 1.807) is 12.1 Å². The summed E-state index contributed by atoms with van der Waals surface area (Å²) in [4.78, 5) is 0. The van der Waals surface area contributed by atoms with Gasteiger partial charge in [0.2, 0.25) is 0 Å². The van der Waals surface area contributed by atoms with Crippen molar-refractivity contribution in [3.8, 4) is 5.75 Å². The number of hydrogen-bond acceptors (Lipinski definition) is 2. The number of fused-ring (bicyclic) bond motifs is 1. The minimum atomic E-state index is 0.323. The van der Waals surface area contributed by atoms with Crippen LogP contribution in [0.4, 0.5) is 0 Å². The highest BCUT2D eigenvalue weighted by Gasteiger charge is 1.91. The number of rotatable bonds is 6. The topological polar surface area (TPSA) is 29.5 Å². The Morgan fingerprint density at radius 2 is 1.45 bits per heavy atom. The first kappa shape index (κ1) is 16.5. The highest BCUT2D eigenvalue weighted by Crippen LogP contribution is 2.18. The zero-order valence-electron chi connectivity index (χ0n) is 12.6. The van der Waals surface area contributed by atoms with Crippen LogP contribution in [-0.2, 0) is 4.74 Å². The van der Waals surface area contributed by atoms with Crippen molar-refractivity contribution in [3.63, 3.8) is 0 Å². The van der Waals surface area contributed by atoms with Crippen molar-refractivity contribution in [2.45, 2.75) is 39.5 Å². The Balaban J connectivity index is 0.000000206. The van der Waals surface area contributed by atoms with Gasteiger partial charge >= 0.3 is 0 Å². The Kier molecular flexibility index (Phi) is 8.48. The minimum Gasteiger partial charge on any atom is -0.508 e. The molecule has 2 rings (SSSR count). The number of hydrogen-bond donors (Lipinski definition) is 1. The zero-order valence-corrected chi connectivity index (χ0v) is 12.6. The van der Waals surface area contributed by atoms with Crippen LogP contribution in [0.25, 0.3) is 10.8 Å². The molecule has 0 aromatic heterocycles. The van der Waals surface area contributed by atoms with Gasteiger partial charge in [-0.15, -0.1) is 0 Å². The summed E-state index contributed by atoms with van der Waals surface area (Å²) in [6.07, 6.45) is 4.91. The van der Waals surface area contributed by atoms with Gasteiger partial charge in [0.25, 0.3) is 0 Å². The van der Waals surface area contributed by atoms with E-state index in [0.717, 1.165) is 24.0 Å². The maximum atomic E-state index is 9.13. The van der Waals surface area contributed by atoms with Crippen LogP contribution >= 0.6 is 0 Å². The van der Waals surface area contributed by atoms with Gasteiger partial charge < -0.3 is 9.84 Å². The third-order valence-electron chi connectivity index (χ3n) is 3.02. The van der Waals surface area contributed by atoms with Crippen molar-refractivity contribution in [3.05, 3.63) is 42.5 Å². The summed E-state index contributed by atoms with van der Waals surface area (Å²) >= 11 is 0. The molecule has 0 fully saturated rings. The average Bonchev–Trinajstić information content (AvgIpc) is 2.48. The number of phenols is 1. The monoisotopic (exact) mass is 274 g/mol. The molecule has 0 aliphatic carbocycles. The van der Waals surface area contributed by atoms with Crippen LogP contribution in [0.2, 0.25) is 0 Å². The molecule has 0 radical (unpaired) electrons. The van der Waals surface area contributed by atoms with E-state index in [-0.39, 0.29) is 0 Å². The summed E-state index contributed by atoms with van der Waals surface area (Å²) in [5.41, 5.74) is 0. The molecular weight excluding hydrogens is 248 g/mol. The van der Waals surface area contributed by atoms with Crippen molar-refractivity contribution >= 4 is 10.8 Å². The molecule has 0 saturated carbocycles. The SMILES string of the molecule is CCCCOCCCC.Oc1ccc2ccccc2c1. The Morgan fingerprint density at radius 1 is 0.850 bits per heavy atom. The van der Waals surface area contributed by atoms with Gasteiger partial charge in [-0.3, -0.25) is 0 Å². The summed E-state index contributed by atoms with van der Waals surface area (Å²) < 4.78 is 5.31. The number of unbranched alkanes of at least 4 members (excludes halogenated alkanes) is 2. The molecular formula is C18H26O2. The summed E-state index contributed by atoms with van der Waals surface area (Å²) in [5, 5.41) is 11.4. The van der Waals surface area contributed by atoms with Gasteiger partial charge in [0.1, 0.15) is 5.75 Å². The smallest absolute Gasteiger partial charge is 0.116 e. The molecule has 2 aromatic carbocycles. The van der Waals surface area contributed by atoms with E-state index in [0.29, 0.717) is 5.75 Å². The van der Waals surface area contributed by atoms with Crippen LogP contribution in [-0.4, -0.2) is 18.3 Å².